The molecule has 1 aromatic heterocycles. The smallest absolute Gasteiger partial charge is 0.412 e. The monoisotopic (exact) mass is 439 g/mol. The van der Waals surface area contributed by atoms with Crippen LogP contribution in [0.3, 0.4) is 0 Å². The molecule has 1 aliphatic heterocycles. The topological polar surface area (TPSA) is 99.4 Å². The zero-order valence-electron chi connectivity index (χ0n) is 17.2. The van der Waals surface area contributed by atoms with Crippen LogP contribution in [0, 0.1) is 13.5 Å². The number of rotatable bonds is 5. The van der Waals surface area contributed by atoms with Crippen molar-refractivity contribution in [2.24, 2.45) is 0 Å². The second kappa shape index (κ2) is 8.67. The molecule has 1 saturated heterocycles. The van der Waals surface area contributed by atoms with Gasteiger partial charge in [-0.05, 0) is 62.8 Å². The fraction of sp³-hybridized carbons (Fsp3) is 0.286. The highest BCUT2D eigenvalue weighted by atomic mass is 32.1. The molecule has 0 spiro atoms. The van der Waals surface area contributed by atoms with Crippen molar-refractivity contribution in [1.29, 1.82) is 0 Å². The molecule has 2 N–H and O–H groups in total. The predicted molar refractivity (Wildman–Crippen MR) is 120 cm³/mol. The van der Waals surface area contributed by atoms with Crippen molar-refractivity contribution in [2.75, 3.05) is 28.3 Å². The summed E-state index contributed by atoms with van der Waals surface area (Å²) in [7, 11) is 0. The van der Waals surface area contributed by atoms with Crippen molar-refractivity contribution in [3.8, 4) is 0 Å². The maximum absolute atomic E-state index is 13.2. The molecule has 0 saturated carbocycles. The van der Waals surface area contributed by atoms with Gasteiger partial charge in [-0.15, -0.1) is 0 Å². The Bertz CT molecular complexity index is 1080. The molecule has 1 aliphatic rings. The molecular weight excluding hydrogens is 418 g/mol. The average molecular weight is 439 g/mol. The normalized spacial score (nSPS) is 15.1. The van der Waals surface area contributed by atoms with Gasteiger partial charge in [-0.25, -0.2) is 14.6 Å². The zero-order chi connectivity index (χ0) is 22.8. The first-order valence-electron chi connectivity index (χ1n) is 9.38. The number of thiocarbonyl (C=S) groups is 1. The van der Waals surface area contributed by atoms with Crippen LogP contribution in [-0.2, 0) is 9.53 Å². The Hall–Kier alpha value is -3.55. The Balaban J connectivity index is 1.87. The van der Waals surface area contributed by atoms with Crippen LogP contribution in [0.4, 0.5) is 27.7 Å². The molecule has 0 radical (unpaired) electrons. The van der Waals surface area contributed by atoms with Crippen molar-refractivity contribution in [2.45, 2.75) is 26.3 Å². The van der Waals surface area contributed by atoms with E-state index < -0.39 is 11.6 Å². The molecule has 10 heteroatoms. The molecule has 0 aliphatic carbocycles. The quantitative estimate of drug-likeness (QED) is 0.544. The van der Waals surface area contributed by atoms with Crippen LogP contribution < -0.4 is 15.1 Å². The number of ether oxygens (including phenoxy) is 1. The van der Waals surface area contributed by atoms with Crippen LogP contribution in [0.5, 0.6) is 0 Å². The number of aryl methyl sites for hydroxylation is 1. The van der Waals surface area contributed by atoms with Gasteiger partial charge in [0.25, 0.3) is 5.91 Å². The van der Waals surface area contributed by atoms with E-state index in [1.807, 2.05) is 6.92 Å². The molecule has 9 nitrogen and oxygen atoms in total. The second-order valence-electron chi connectivity index (χ2n) is 7.29. The lowest BCUT2D eigenvalue weighted by atomic mass is 10.0. The van der Waals surface area contributed by atoms with Crippen LogP contribution in [0.2, 0.25) is 0 Å². The van der Waals surface area contributed by atoms with E-state index in [1.165, 1.54) is 11.1 Å². The summed E-state index contributed by atoms with van der Waals surface area (Å²) in [6.45, 7) is 12.2. The van der Waals surface area contributed by atoms with Crippen LogP contribution in [0.25, 0.3) is 4.85 Å². The average Bonchev–Trinajstić information content (AvgIpc) is 2.91. The Kier molecular flexibility index (Phi) is 6.19. The van der Waals surface area contributed by atoms with E-state index in [1.54, 1.807) is 49.1 Å². The third kappa shape index (κ3) is 4.19. The van der Waals surface area contributed by atoms with Gasteiger partial charge < -0.3 is 14.7 Å². The molecule has 0 atom stereocenters. The maximum Gasteiger partial charge on any atom is 0.412 e. The third-order valence-corrected chi connectivity index (χ3v) is 5.15. The standard InChI is InChI=1S/C21H21N5O4S/c1-13-11-14(5-7-16(13)22-4)25-18(28)21(2,3)26(20(25)31)15-6-8-17(23-12-15)24-19(29)30-10-9-27/h5-8,11-12,27H,9-10H2,1-3H3,(H,23,24,29). The lowest BCUT2D eigenvalue weighted by molar-refractivity contribution is -0.120. The lowest BCUT2D eigenvalue weighted by Gasteiger charge is -2.29. The molecule has 160 valence electrons. The summed E-state index contributed by atoms with van der Waals surface area (Å²) in [5.41, 5.74) is 1.47. The lowest BCUT2D eigenvalue weighted by Crippen LogP contribution is -2.44. The zero-order valence-corrected chi connectivity index (χ0v) is 18.1. The number of benzene rings is 1. The van der Waals surface area contributed by atoms with Gasteiger partial charge in [-0.3, -0.25) is 15.0 Å². The van der Waals surface area contributed by atoms with E-state index in [-0.39, 0.29) is 30.1 Å². The molecule has 31 heavy (non-hydrogen) atoms. The molecule has 2 amide bonds. The van der Waals surface area contributed by atoms with Gasteiger partial charge in [-0.2, -0.15) is 0 Å². The van der Waals surface area contributed by atoms with Gasteiger partial charge in [0, 0.05) is 5.69 Å². The first-order chi connectivity index (χ1) is 14.7. The van der Waals surface area contributed by atoms with E-state index in [4.69, 9.17) is 28.6 Å². The largest absolute Gasteiger partial charge is 0.447 e. The highest BCUT2D eigenvalue weighted by Crippen LogP contribution is 2.37. The summed E-state index contributed by atoms with van der Waals surface area (Å²) in [4.78, 5) is 35.6. The van der Waals surface area contributed by atoms with E-state index in [0.717, 1.165) is 5.56 Å². The molecule has 0 bridgehead atoms. The van der Waals surface area contributed by atoms with E-state index in [9.17, 15) is 9.59 Å². The van der Waals surface area contributed by atoms with Gasteiger partial charge in [0.05, 0.1) is 25.1 Å². The molecule has 1 aromatic carbocycles. The number of amides is 2. The molecule has 1 fully saturated rings. The number of hydrogen-bond donors (Lipinski definition) is 2. The number of aliphatic hydroxyl groups is 1. The van der Waals surface area contributed by atoms with Crippen LogP contribution in [0.1, 0.15) is 19.4 Å². The number of pyridine rings is 1. The van der Waals surface area contributed by atoms with E-state index in [2.05, 4.69) is 15.1 Å². The minimum Gasteiger partial charge on any atom is -0.447 e. The third-order valence-electron chi connectivity index (χ3n) is 4.79. The number of nitrogens with one attached hydrogen (secondary N) is 1. The summed E-state index contributed by atoms with van der Waals surface area (Å²) < 4.78 is 4.74. The first-order valence-corrected chi connectivity index (χ1v) is 9.79. The van der Waals surface area contributed by atoms with Crippen molar-refractivity contribution in [3.05, 3.63) is 53.5 Å². The molecular formula is C21H21N5O4S. The van der Waals surface area contributed by atoms with Crippen LogP contribution >= 0.6 is 12.2 Å². The summed E-state index contributed by atoms with van der Waals surface area (Å²) >= 11 is 5.64. The molecule has 0 unspecified atom stereocenters. The minimum atomic E-state index is -0.972. The van der Waals surface area contributed by atoms with Crippen LogP contribution in [-0.4, -0.2) is 46.0 Å². The van der Waals surface area contributed by atoms with Gasteiger partial charge in [0.1, 0.15) is 18.0 Å². The van der Waals surface area contributed by atoms with Crippen molar-refractivity contribution < 1.29 is 19.4 Å². The van der Waals surface area contributed by atoms with E-state index >= 15 is 0 Å². The van der Waals surface area contributed by atoms with Crippen LogP contribution in [0.15, 0.2) is 36.5 Å². The van der Waals surface area contributed by atoms with Crippen molar-refractivity contribution in [3.63, 3.8) is 0 Å². The number of aromatic nitrogens is 1. The number of anilines is 3. The minimum absolute atomic E-state index is 0.117. The fourth-order valence-electron chi connectivity index (χ4n) is 3.23. The number of aliphatic hydroxyl groups excluding tert-OH is 1. The second-order valence-corrected chi connectivity index (χ2v) is 7.65. The molecule has 2 heterocycles. The Labute approximate surface area is 185 Å². The highest BCUT2D eigenvalue weighted by Gasteiger charge is 2.50. The predicted octanol–water partition coefficient (Wildman–Crippen LogP) is 3.40. The number of nitrogens with zero attached hydrogens (tertiary/aromatic N) is 4. The summed E-state index contributed by atoms with van der Waals surface area (Å²) in [6.07, 6.45) is 0.769. The Morgan fingerprint density at radius 1 is 1.32 bits per heavy atom. The summed E-state index contributed by atoms with van der Waals surface area (Å²) in [5.74, 6) is 0.0467. The van der Waals surface area contributed by atoms with Gasteiger partial charge >= 0.3 is 6.09 Å². The van der Waals surface area contributed by atoms with E-state index in [0.29, 0.717) is 17.1 Å². The molecule has 3 rings (SSSR count). The first kappa shape index (κ1) is 22.1. The van der Waals surface area contributed by atoms with Crippen molar-refractivity contribution >= 4 is 52.2 Å². The highest BCUT2D eigenvalue weighted by molar-refractivity contribution is 7.81. The van der Waals surface area contributed by atoms with Gasteiger partial charge in [-0.1, -0.05) is 6.07 Å². The maximum atomic E-state index is 13.2. The SMILES string of the molecule is [C-]#[N+]c1ccc(N2C(=O)C(C)(C)N(c3ccc(NC(=O)OCCO)nc3)C2=S)cc1C. The number of carbonyl (C=O) groups excluding carboxylic acids is 2. The van der Waals surface area contributed by atoms with Gasteiger partial charge in [0.2, 0.25) is 0 Å². The molecule has 2 aromatic rings. The Morgan fingerprint density at radius 2 is 2.03 bits per heavy atom. The Morgan fingerprint density at radius 3 is 2.61 bits per heavy atom. The number of carbonyl (C=O) groups is 2. The fourth-order valence-corrected chi connectivity index (χ4v) is 3.75. The summed E-state index contributed by atoms with van der Waals surface area (Å²) in [6, 6.07) is 8.39. The number of hydrogen-bond acceptors (Lipinski definition) is 6. The van der Waals surface area contributed by atoms with Crippen molar-refractivity contribution in [1.82, 2.24) is 4.98 Å². The van der Waals surface area contributed by atoms with Gasteiger partial charge in [0.15, 0.2) is 10.8 Å². The summed E-state index contributed by atoms with van der Waals surface area (Å²) in [5, 5.41) is 11.4.